The van der Waals surface area contributed by atoms with Gasteiger partial charge in [-0.3, -0.25) is 4.79 Å². The van der Waals surface area contributed by atoms with Crippen molar-refractivity contribution in [3.8, 4) is 0 Å². The van der Waals surface area contributed by atoms with Crippen LogP contribution in [0.4, 0.5) is 4.39 Å². The lowest BCUT2D eigenvalue weighted by molar-refractivity contribution is -0.123. The highest BCUT2D eigenvalue weighted by Crippen LogP contribution is 2.31. The molecule has 7 heteroatoms. The van der Waals surface area contributed by atoms with E-state index in [-0.39, 0.29) is 18.1 Å². The molecule has 1 heterocycles. The third-order valence-corrected chi connectivity index (χ3v) is 5.15. The van der Waals surface area contributed by atoms with E-state index in [1.165, 1.54) is 6.07 Å². The summed E-state index contributed by atoms with van der Waals surface area (Å²) in [5.41, 5.74) is 1.81. The first-order chi connectivity index (χ1) is 12.9. The standard InChI is InChI=1S/C20H20Cl2FN3O/c1-3-8-24-20(27)12(2)26-18-11-15(22)14(21)10-17(18)25-19(26)9-13-6-4-5-7-16(13)23/h4-7,10-12H,3,8-9H2,1-2H3,(H,24,27)/t12-/m1/s1. The molecule has 0 unspecified atom stereocenters. The maximum absolute atomic E-state index is 14.2. The first kappa shape index (κ1) is 19.6. The molecular weight excluding hydrogens is 388 g/mol. The summed E-state index contributed by atoms with van der Waals surface area (Å²) in [6.07, 6.45) is 1.09. The molecule has 1 aromatic heterocycles. The second-order valence-electron chi connectivity index (χ2n) is 6.39. The number of fused-ring (bicyclic) bond motifs is 1. The summed E-state index contributed by atoms with van der Waals surface area (Å²) in [7, 11) is 0. The minimum Gasteiger partial charge on any atom is -0.354 e. The summed E-state index contributed by atoms with van der Waals surface area (Å²) in [5.74, 6) is 0.139. The predicted octanol–water partition coefficient (Wildman–Crippen LogP) is 5.16. The van der Waals surface area contributed by atoms with Gasteiger partial charge in [-0.15, -0.1) is 0 Å². The van der Waals surface area contributed by atoms with Gasteiger partial charge in [0.2, 0.25) is 5.91 Å². The lowest BCUT2D eigenvalue weighted by atomic mass is 10.1. The summed E-state index contributed by atoms with van der Waals surface area (Å²) in [5, 5.41) is 3.66. The summed E-state index contributed by atoms with van der Waals surface area (Å²) in [4.78, 5) is 17.2. The van der Waals surface area contributed by atoms with Crippen molar-refractivity contribution in [2.45, 2.75) is 32.7 Å². The van der Waals surface area contributed by atoms with Crippen molar-refractivity contribution in [1.29, 1.82) is 0 Å². The van der Waals surface area contributed by atoms with E-state index < -0.39 is 6.04 Å². The van der Waals surface area contributed by atoms with Crippen molar-refractivity contribution >= 4 is 40.1 Å². The minimum atomic E-state index is -0.527. The smallest absolute Gasteiger partial charge is 0.242 e. The topological polar surface area (TPSA) is 46.9 Å². The fourth-order valence-electron chi connectivity index (χ4n) is 3.02. The van der Waals surface area contributed by atoms with Gasteiger partial charge >= 0.3 is 0 Å². The predicted molar refractivity (Wildman–Crippen MR) is 107 cm³/mol. The van der Waals surface area contributed by atoms with E-state index in [0.717, 1.165) is 6.42 Å². The minimum absolute atomic E-state index is 0.128. The van der Waals surface area contributed by atoms with Gasteiger partial charge in [0.1, 0.15) is 17.7 Å². The fourth-order valence-corrected chi connectivity index (χ4v) is 3.34. The molecule has 0 aliphatic carbocycles. The molecule has 0 aliphatic heterocycles. The number of imidazole rings is 1. The Morgan fingerprint density at radius 3 is 2.67 bits per heavy atom. The highest BCUT2D eigenvalue weighted by atomic mass is 35.5. The van der Waals surface area contributed by atoms with Gasteiger partial charge in [-0.05, 0) is 37.1 Å². The molecule has 3 rings (SSSR count). The monoisotopic (exact) mass is 407 g/mol. The van der Waals surface area contributed by atoms with Gasteiger partial charge in [0.25, 0.3) is 0 Å². The first-order valence-electron chi connectivity index (χ1n) is 8.79. The van der Waals surface area contributed by atoms with Crippen molar-refractivity contribution < 1.29 is 9.18 Å². The molecule has 0 spiro atoms. The summed E-state index contributed by atoms with van der Waals surface area (Å²) in [6.45, 7) is 4.37. The largest absolute Gasteiger partial charge is 0.354 e. The molecule has 0 saturated carbocycles. The number of halogens is 3. The summed E-state index contributed by atoms with van der Waals surface area (Å²) < 4.78 is 16.0. The number of aromatic nitrogens is 2. The summed E-state index contributed by atoms with van der Waals surface area (Å²) in [6, 6.07) is 9.37. The highest BCUT2D eigenvalue weighted by Gasteiger charge is 2.23. The maximum Gasteiger partial charge on any atom is 0.242 e. The first-order valence-corrected chi connectivity index (χ1v) is 9.55. The second kappa shape index (κ2) is 8.28. The van der Waals surface area contributed by atoms with Gasteiger partial charge in [0, 0.05) is 13.0 Å². The number of hydrogen-bond donors (Lipinski definition) is 1. The van der Waals surface area contributed by atoms with E-state index in [1.807, 2.05) is 6.92 Å². The van der Waals surface area contributed by atoms with Gasteiger partial charge in [-0.1, -0.05) is 48.3 Å². The zero-order valence-electron chi connectivity index (χ0n) is 15.1. The van der Waals surface area contributed by atoms with Crippen LogP contribution in [0.3, 0.4) is 0 Å². The average molecular weight is 408 g/mol. The molecule has 4 nitrogen and oxygen atoms in total. The van der Waals surface area contributed by atoms with E-state index in [1.54, 1.807) is 41.8 Å². The number of carbonyl (C=O) groups excluding carboxylic acids is 1. The summed E-state index contributed by atoms with van der Waals surface area (Å²) >= 11 is 12.3. The zero-order valence-corrected chi connectivity index (χ0v) is 16.6. The highest BCUT2D eigenvalue weighted by molar-refractivity contribution is 6.42. The van der Waals surface area contributed by atoms with Crippen LogP contribution < -0.4 is 5.32 Å². The zero-order chi connectivity index (χ0) is 19.6. The van der Waals surface area contributed by atoms with Crippen molar-refractivity contribution in [3.05, 3.63) is 63.6 Å². The fraction of sp³-hybridized carbons (Fsp3) is 0.300. The molecule has 142 valence electrons. The quantitative estimate of drug-likeness (QED) is 0.613. The molecule has 0 saturated heterocycles. The average Bonchev–Trinajstić information content (AvgIpc) is 2.98. The lowest BCUT2D eigenvalue weighted by Crippen LogP contribution is -2.32. The van der Waals surface area contributed by atoms with E-state index in [4.69, 9.17) is 23.2 Å². The second-order valence-corrected chi connectivity index (χ2v) is 7.20. The van der Waals surface area contributed by atoms with Crippen LogP contribution >= 0.6 is 23.2 Å². The van der Waals surface area contributed by atoms with E-state index in [9.17, 15) is 9.18 Å². The van der Waals surface area contributed by atoms with E-state index in [0.29, 0.717) is 39.0 Å². The molecule has 1 N–H and O–H groups in total. The number of nitrogens with one attached hydrogen (secondary N) is 1. The Kier molecular flexibility index (Phi) is 6.02. The van der Waals surface area contributed by atoms with Crippen LogP contribution in [0.2, 0.25) is 10.0 Å². The SMILES string of the molecule is CCCNC(=O)[C@@H](C)n1c(Cc2ccccc2F)nc2cc(Cl)c(Cl)cc21. The molecule has 3 aromatic rings. The molecular formula is C20H20Cl2FN3O. The van der Waals surface area contributed by atoms with Gasteiger partial charge < -0.3 is 9.88 Å². The number of hydrogen-bond acceptors (Lipinski definition) is 2. The van der Waals surface area contributed by atoms with Crippen molar-refractivity contribution in [2.24, 2.45) is 0 Å². The molecule has 0 bridgehead atoms. The van der Waals surface area contributed by atoms with Crippen molar-refractivity contribution in [3.63, 3.8) is 0 Å². The third kappa shape index (κ3) is 4.09. The number of amides is 1. The molecule has 0 radical (unpaired) electrons. The van der Waals surface area contributed by atoms with Crippen LogP contribution in [0, 0.1) is 5.82 Å². The van der Waals surface area contributed by atoms with E-state index >= 15 is 0 Å². The van der Waals surface area contributed by atoms with Crippen molar-refractivity contribution in [1.82, 2.24) is 14.9 Å². The van der Waals surface area contributed by atoms with Crippen LogP contribution in [-0.4, -0.2) is 22.0 Å². The van der Waals surface area contributed by atoms with Crippen LogP contribution in [0.25, 0.3) is 11.0 Å². The Morgan fingerprint density at radius 2 is 1.96 bits per heavy atom. The van der Waals surface area contributed by atoms with Crippen molar-refractivity contribution in [2.75, 3.05) is 6.54 Å². The molecule has 0 fully saturated rings. The van der Waals surface area contributed by atoms with Gasteiger partial charge in [-0.2, -0.15) is 0 Å². The normalized spacial score (nSPS) is 12.3. The Bertz CT molecular complexity index is 987. The number of carbonyl (C=O) groups is 1. The number of benzene rings is 2. The van der Waals surface area contributed by atoms with Crippen LogP contribution in [-0.2, 0) is 11.2 Å². The van der Waals surface area contributed by atoms with Crippen LogP contribution in [0.1, 0.15) is 37.7 Å². The molecule has 2 aromatic carbocycles. The maximum atomic E-state index is 14.2. The molecule has 27 heavy (non-hydrogen) atoms. The lowest BCUT2D eigenvalue weighted by Gasteiger charge is -2.18. The Labute approximate surface area is 167 Å². The van der Waals surface area contributed by atoms with Gasteiger partial charge in [0.05, 0.1) is 21.1 Å². The molecule has 1 amide bonds. The molecule has 0 aliphatic rings. The van der Waals surface area contributed by atoms with Gasteiger partial charge in [0.15, 0.2) is 0 Å². The molecule has 1 atom stereocenters. The number of nitrogens with zero attached hydrogens (tertiary/aromatic N) is 2. The number of rotatable bonds is 6. The third-order valence-electron chi connectivity index (χ3n) is 4.43. The van der Waals surface area contributed by atoms with E-state index in [2.05, 4.69) is 10.3 Å². The Hall–Kier alpha value is -2.11. The Balaban J connectivity index is 2.11. The van der Waals surface area contributed by atoms with Crippen LogP contribution in [0.5, 0.6) is 0 Å². The van der Waals surface area contributed by atoms with Crippen LogP contribution in [0.15, 0.2) is 36.4 Å². The van der Waals surface area contributed by atoms with Gasteiger partial charge in [-0.25, -0.2) is 9.37 Å². The Morgan fingerprint density at radius 1 is 1.26 bits per heavy atom.